The molecule has 2 saturated heterocycles. The molecule has 0 bridgehead atoms. The molecule has 212 valence electrons. The number of hydrazone groups is 1. The fourth-order valence-corrected chi connectivity index (χ4v) is 8.03. The first-order valence-electron chi connectivity index (χ1n) is 14.6. The second kappa shape index (κ2) is 12.5. The number of rotatable bonds is 9. The summed E-state index contributed by atoms with van der Waals surface area (Å²) in [7, 11) is 3.92. The highest BCUT2D eigenvalue weighted by Gasteiger charge is 2.37. The quantitative estimate of drug-likeness (QED) is 0.298. The van der Waals surface area contributed by atoms with Gasteiger partial charge in [-0.2, -0.15) is 16.4 Å². The van der Waals surface area contributed by atoms with E-state index in [4.69, 9.17) is 4.74 Å². The molecular weight excluding hydrogens is 535 g/mol. The van der Waals surface area contributed by atoms with Crippen molar-refractivity contribution in [2.75, 3.05) is 57.5 Å². The average molecular weight is 576 g/mol. The van der Waals surface area contributed by atoms with Crippen LogP contribution in [-0.2, 0) is 0 Å². The van der Waals surface area contributed by atoms with Crippen molar-refractivity contribution in [1.29, 1.82) is 0 Å². The minimum atomic E-state index is 0.199. The van der Waals surface area contributed by atoms with Gasteiger partial charge in [-0.05, 0) is 103 Å². The van der Waals surface area contributed by atoms with Crippen molar-refractivity contribution in [3.63, 3.8) is 0 Å². The molecule has 1 atom stereocenters. The molecule has 6 rings (SSSR count). The summed E-state index contributed by atoms with van der Waals surface area (Å²) >= 11 is 3.70. The van der Waals surface area contributed by atoms with Crippen LogP contribution in [0.3, 0.4) is 0 Å². The molecule has 1 spiro atoms. The van der Waals surface area contributed by atoms with E-state index in [1.807, 2.05) is 11.8 Å². The molecule has 1 N–H and O–H groups in total. The lowest BCUT2D eigenvalue weighted by atomic mass is 9.71. The second-order valence-electron chi connectivity index (χ2n) is 11.3. The minimum absolute atomic E-state index is 0.199. The fourth-order valence-electron chi connectivity index (χ4n) is 6.40. The number of ether oxygens (including phenoxy) is 1. The Kier molecular flexibility index (Phi) is 8.56. The molecule has 40 heavy (non-hydrogen) atoms. The highest BCUT2D eigenvalue weighted by Crippen LogP contribution is 2.43. The molecule has 8 heteroatoms. The van der Waals surface area contributed by atoms with Crippen molar-refractivity contribution in [3.8, 4) is 16.9 Å². The lowest BCUT2D eigenvalue weighted by Gasteiger charge is -2.47. The Balaban J connectivity index is 0.901. The Morgan fingerprint density at radius 3 is 2.40 bits per heavy atom. The zero-order chi connectivity index (χ0) is 27.4. The van der Waals surface area contributed by atoms with Crippen molar-refractivity contribution in [3.05, 3.63) is 70.9 Å². The van der Waals surface area contributed by atoms with Crippen LogP contribution in [0.1, 0.15) is 37.7 Å². The lowest BCUT2D eigenvalue weighted by molar-refractivity contribution is 0.0801. The summed E-state index contributed by atoms with van der Waals surface area (Å²) in [6.45, 7) is 5.97. The van der Waals surface area contributed by atoms with Crippen LogP contribution in [0.25, 0.3) is 11.1 Å². The van der Waals surface area contributed by atoms with Gasteiger partial charge >= 0.3 is 0 Å². The molecule has 6 nitrogen and oxygen atoms in total. The zero-order valence-corrected chi connectivity index (χ0v) is 25.4. The van der Waals surface area contributed by atoms with Gasteiger partial charge in [0, 0.05) is 25.7 Å². The summed E-state index contributed by atoms with van der Waals surface area (Å²) < 4.78 is 5.61. The zero-order valence-electron chi connectivity index (χ0n) is 23.7. The minimum Gasteiger partial charge on any atom is -0.495 e. The molecule has 2 aromatic carbocycles. The van der Waals surface area contributed by atoms with E-state index < -0.39 is 0 Å². The number of thioether (sulfide) groups is 1. The summed E-state index contributed by atoms with van der Waals surface area (Å²) in [5, 5.41) is 8.98. The van der Waals surface area contributed by atoms with E-state index in [0.717, 1.165) is 36.0 Å². The van der Waals surface area contributed by atoms with Crippen molar-refractivity contribution < 1.29 is 4.74 Å². The van der Waals surface area contributed by atoms with Gasteiger partial charge in [-0.15, -0.1) is 11.8 Å². The molecule has 2 fully saturated rings. The van der Waals surface area contributed by atoms with E-state index in [1.54, 1.807) is 18.4 Å². The maximum absolute atomic E-state index is 5.61. The first-order valence-corrected chi connectivity index (χ1v) is 16.5. The molecule has 0 aliphatic carbocycles. The number of para-hydroxylation sites is 2. The third-order valence-corrected chi connectivity index (χ3v) is 11.0. The standard InChI is InChI=1S/C32H41N5OS2/c1-35-30(26-10-8-25(9-11-26)27-12-23-39-24-27)33-34-31(35)40-22-5-17-36-18-13-32(14-19-36)15-20-37(21-16-32)28-6-3-4-7-29(28)38-2/h3-4,6-12,23-24,31,34H,5,13-22H2,1-2H3. The molecule has 0 saturated carbocycles. The van der Waals surface area contributed by atoms with Gasteiger partial charge in [0.15, 0.2) is 11.3 Å². The Bertz CT molecular complexity index is 1260. The molecular formula is C32H41N5OS2. The van der Waals surface area contributed by atoms with E-state index >= 15 is 0 Å². The molecule has 0 radical (unpaired) electrons. The number of thiophene rings is 1. The third kappa shape index (κ3) is 5.99. The third-order valence-electron chi connectivity index (χ3n) is 9.03. The molecule has 4 heterocycles. The summed E-state index contributed by atoms with van der Waals surface area (Å²) in [6.07, 6.45) is 6.50. The number of nitrogens with one attached hydrogen (secondary N) is 1. The number of hydrogen-bond acceptors (Lipinski definition) is 8. The SMILES string of the molecule is COc1ccccc1N1CCC2(CCN(CCCSC3NN=C(c4ccc(-c5ccsc5)cc4)N3C)CC2)CC1. The maximum Gasteiger partial charge on any atom is 0.164 e. The molecule has 1 unspecified atom stereocenters. The van der Waals surface area contributed by atoms with Crippen LogP contribution in [0.2, 0.25) is 0 Å². The predicted molar refractivity (Wildman–Crippen MR) is 171 cm³/mol. The highest BCUT2D eigenvalue weighted by atomic mass is 32.2. The number of benzene rings is 2. The average Bonchev–Trinajstić information content (AvgIpc) is 3.67. The molecule has 0 amide bonds. The number of amidine groups is 1. The first-order chi connectivity index (χ1) is 19.6. The monoisotopic (exact) mass is 575 g/mol. The van der Waals surface area contributed by atoms with Gasteiger partial charge in [0.1, 0.15) is 5.75 Å². The van der Waals surface area contributed by atoms with E-state index in [1.165, 1.54) is 68.6 Å². The largest absolute Gasteiger partial charge is 0.495 e. The van der Waals surface area contributed by atoms with Crippen LogP contribution < -0.4 is 15.1 Å². The van der Waals surface area contributed by atoms with Gasteiger partial charge < -0.3 is 19.4 Å². The van der Waals surface area contributed by atoms with E-state index in [0.29, 0.717) is 5.41 Å². The van der Waals surface area contributed by atoms with Crippen LogP contribution in [0.4, 0.5) is 5.69 Å². The fraction of sp³-hybridized carbons (Fsp3) is 0.469. The molecule has 3 aliphatic rings. The Morgan fingerprint density at radius 2 is 1.68 bits per heavy atom. The second-order valence-corrected chi connectivity index (χ2v) is 13.3. The van der Waals surface area contributed by atoms with Crippen molar-refractivity contribution in [2.45, 2.75) is 37.6 Å². The van der Waals surface area contributed by atoms with Gasteiger partial charge in [0.25, 0.3) is 0 Å². The number of anilines is 1. The normalized spacial score (nSPS) is 20.9. The smallest absolute Gasteiger partial charge is 0.164 e. The summed E-state index contributed by atoms with van der Waals surface area (Å²) in [5.74, 6) is 3.15. The van der Waals surface area contributed by atoms with E-state index in [-0.39, 0.29) is 5.50 Å². The topological polar surface area (TPSA) is 43.3 Å². The van der Waals surface area contributed by atoms with Crippen LogP contribution in [0.5, 0.6) is 5.75 Å². The van der Waals surface area contributed by atoms with Gasteiger partial charge in [0.05, 0.1) is 12.8 Å². The predicted octanol–water partition coefficient (Wildman–Crippen LogP) is 6.41. The van der Waals surface area contributed by atoms with Gasteiger partial charge in [0.2, 0.25) is 0 Å². The van der Waals surface area contributed by atoms with Gasteiger partial charge in [-0.1, -0.05) is 36.4 Å². The summed E-state index contributed by atoms with van der Waals surface area (Å²) in [5.41, 5.74) is 9.04. The van der Waals surface area contributed by atoms with Crippen LogP contribution in [0, 0.1) is 5.41 Å². The highest BCUT2D eigenvalue weighted by molar-refractivity contribution is 7.99. The van der Waals surface area contributed by atoms with Crippen molar-refractivity contribution >= 4 is 34.6 Å². The van der Waals surface area contributed by atoms with Gasteiger partial charge in [-0.25, -0.2) is 0 Å². The van der Waals surface area contributed by atoms with Gasteiger partial charge in [-0.3, -0.25) is 5.43 Å². The molecule has 3 aromatic rings. The number of methoxy groups -OCH3 is 1. The Morgan fingerprint density at radius 1 is 0.950 bits per heavy atom. The number of likely N-dealkylation sites (tertiary alicyclic amines) is 1. The first kappa shape index (κ1) is 27.5. The Hall–Kier alpha value is -2.68. The maximum atomic E-state index is 5.61. The van der Waals surface area contributed by atoms with Crippen LogP contribution in [-0.4, -0.2) is 73.8 Å². The lowest BCUT2D eigenvalue weighted by Crippen LogP contribution is -2.47. The molecule has 1 aromatic heterocycles. The van der Waals surface area contributed by atoms with Crippen LogP contribution >= 0.6 is 23.1 Å². The summed E-state index contributed by atoms with van der Waals surface area (Å²) in [6, 6.07) is 19.4. The van der Waals surface area contributed by atoms with Crippen molar-refractivity contribution in [2.24, 2.45) is 10.5 Å². The molecule has 3 aliphatic heterocycles. The number of piperidine rings is 2. The number of hydrogen-bond donors (Lipinski definition) is 1. The Labute approximate surface area is 247 Å². The summed E-state index contributed by atoms with van der Waals surface area (Å²) in [4.78, 5) is 7.49. The van der Waals surface area contributed by atoms with E-state index in [9.17, 15) is 0 Å². The van der Waals surface area contributed by atoms with Crippen molar-refractivity contribution in [1.82, 2.24) is 15.2 Å². The van der Waals surface area contributed by atoms with Crippen LogP contribution in [0.15, 0.2) is 70.5 Å². The number of nitrogens with zero attached hydrogens (tertiary/aromatic N) is 4. The van der Waals surface area contributed by atoms with E-state index in [2.05, 4.69) is 97.6 Å².